The number of hydrazone groups is 1. The molecule has 0 atom stereocenters. The molecule has 2 aromatic carbocycles. The number of para-hydroxylation sites is 1. The highest BCUT2D eigenvalue weighted by molar-refractivity contribution is 6.41. The van der Waals surface area contributed by atoms with Gasteiger partial charge < -0.3 is 9.73 Å². The minimum Gasteiger partial charge on any atom is -0.455 e. The maximum absolute atomic E-state index is 11.9. The molecule has 0 saturated heterocycles. The number of nitro groups is 1. The van der Waals surface area contributed by atoms with E-state index in [1.54, 1.807) is 49.4 Å². The van der Waals surface area contributed by atoms with Gasteiger partial charge in [-0.2, -0.15) is 5.10 Å². The summed E-state index contributed by atoms with van der Waals surface area (Å²) in [5.41, 5.74) is 3.74. The normalized spacial score (nSPS) is 10.7. The number of rotatable bonds is 5. The molecule has 2 N–H and O–H groups in total. The maximum atomic E-state index is 11.9. The van der Waals surface area contributed by atoms with E-state index in [4.69, 9.17) is 16.0 Å². The molecule has 1 heterocycles. The number of nitro benzene ring substituents is 1. The molecule has 152 valence electrons. The van der Waals surface area contributed by atoms with Gasteiger partial charge in [0.15, 0.2) is 0 Å². The van der Waals surface area contributed by atoms with Gasteiger partial charge in [-0.1, -0.05) is 23.7 Å². The number of aryl methyl sites for hydroxylation is 1. The van der Waals surface area contributed by atoms with Crippen molar-refractivity contribution < 1.29 is 18.9 Å². The number of halogens is 1. The van der Waals surface area contributed by atoms with Gasteiger partial charge in [-0.15, -0.1) is 0 Å². The van der Waals surface area contributed by atoms with Crippen LogP contribution in [0.1, 0.15) is 11.3 Å². The number of anilines is 1. The van der Waals surface area contributed by atoms with Crippen LogP contribution in [0.3, 0.4) is 0 Å². The third-order valence-corrected chi connectivity index (χ3v) is 4.33. The Labute approximate surface area is 175 Å². The van der Waals surface area contributed by atoms with Crippen LogP contribution in [-0.2, 0) is 9.59 Å². The van der Waals surface area contributed by atoms with Crippen LogP contribution in [-0.4, -0.2) is 23.0 Å². The molecule has 2 amide bonds. The highest BCUT2D eigenvalue weighted by Crippen LogP contribution is 2.28. The summed E-state index contributed by atoms with van der Waals surface area (Å²) in [4.78, 5) is 34.1. The average Bonchev–Trinajstić information content (AvgIpc) is 3.18. The second kappa shape index (κ2) is 9.01. The summed E-state index contributed by atoms with van der Waals surface area (Å²) in [6, 6.07) is 14.2. The number of hydrogen-bond donors (Lipinski definition) is 2. The largest absolute Gasteiger partial charge is 0.455 e. The zero-order valence-electron chi connectivity index (χ0n) is 15.6. The first-order chi connectivity index (χ1) is 14.3. The topological polar surface area (TPSA) is 127 Å². The van der Waals surface area contributed by atoms with Gasteiger partial charge in [0.25, 0.3) is 5.69 Å². The average molecular weight is 427 g/mol. The van der Waals surface area contributed by atoms with Gasteiger partial charge in [-0.25, -0.2) is 5.43 Å². The van der Waals surface area contributed by atoms with Crippen molar-refractivity contribution in [3.8, 4) is 11.3 Å². The number of nitrogens with zero attached hydrogens (tertiary/aromatic N) is 2. The lowest BCUT2D eigenvalue weighted by Gasteiger charge is -2.05. The van der Waals surface area contributed by atoms with Crippen molar-refractivity contribution >= 4 is 41.0 Å². The molecule has 0 aliphatic heterocycles. The van der Waals surface area contributed by atoms with Crippen LogP contribution >= 0.6 is 11.6 Å². The van der Waals surface area contributed by atoms with E-state index in [-0.39, 0.29) is 5.69 Å². The first-order valence-corrected chi connectivity index (χ1v) is 8.97. The van der Waals surface area contributed by atoms with Gasteiger partial charge in [0.1, 0.15) is 11.5 Å². The van der Waals surface area contributed by atoms with Crippen molar-refractivity contribution in [2.45, 2.75) is 6.92 Å². The molecule has 10 heteroatoms. The van der Waals surface area contributed by atoms with Crippen LogP contribution in [0.5, 0.6) is 0 Å². The zero-order chi connectivity index (χ0) is 21.7. The number of nitrogens with one attached hydrogen (secondary N) is 2. The lowest BCUT2D eigenvalue weighted by molar-refractivity contribution is -0.384. The molecular weight excluding hydrogens is 412 g/mol. The van der Waals surface area contributed by atoms with E-state index in [1.807, 2.05) is 0 Å². The van der Waals surface area contributed by atoms with E-state index in [2.05, 4.69) is 15.8 Å². The summed E-state index contributed by atoms with van der Waals surface area (Å²) in [6.45, 7) is 1.73. The van der Waals surface area contributed by atoms with Crippen molar-refractivity contribution in [1.29, 1.82) is 0 Å². The van der Waals surface area contributed by atoms with Crippen molar-refractivity contribution in [2.75, 3.05) is 5.32 Å². The van der Waals surface area contributed by atoms with Gasteiger partial charge in [-0.05, 0) is 42.8 Å². The van der Waals surface area contributed by atoms with Gasteiger partial charge in [0.2, 0.25) is 0 Å². The van der Waals surface area contributed by atoms with Crippen LogP contribution in [0.25, 0.3) is 11.3 Å². The molecule has 0 saturated carbocycles. The molecule has 0 fully saturated rings. The Kier molecular flexibility index (Phi) is 6.23. The third kappa shape index (κ3) is 4.89. The van der Waals surface area contributed by atoms with E-state index in [0.29, 0.717) is 33.4 Å². The van der Waals surface area contributed by atoms with Crippen molar-refractivity contribution in [1.82, 2.24) is 5.43 Å². The minimum absolute atomic E-state index is 0.0117. The lowest BCUT2D eigenvalue weighted by atomic mass is 10.1. The van der Waals surface area contributed by atoms with E-state index in [1.165, 1.54) is 18.3 Å². The first kappa shape index (κ1) is 20.7. The van der Waals surface area contributed by atoms with Crippen LogP contribution in [0.15, 0.2) is 64.1 Å². The second-order valence-corrected chi connectivity index (χ2v) is 6.50. The zero-order valence-corrected chi connectivity index (χ0v) is 16.3. The third-order valence-electron chi connectivity index (χ3n) is 4.00. The summed E-state index contributed by atoms with van der Waals surface area (Å²) in [5.74, 6) is -1.12. The Morgan fingerprint density at radius 1 is 1.13 bits per heavy atom. The molecule has 3 rings (SSSR count). The standard InChI is InChI=1S/C20H15ClN4O5/c1-12-10-13(25(28)29)6-8-15(12)18-9-7-14(30-18)11-22-24-20(27)19(26)23-17-5-3-2-4-16(17)21/h2-11H,1H3,(H,23,26)(H,24,27)/b22-11+. The fourth-order valence-corrected chi connectivity index (χ4v) is 2.73. The highest BCUT2D eigenvalue weighted by Gasteiger charge is 2.15. The smallest absolute Gasteiger partial charge is 0.329 e. The predicted molar refractivity (Wildman–Crippen MR) is 111 cm³/mol. The molecule has 0 spiro atoms. The van der Waals surface area contributed by atoms with Gasteiger partial charge in [-0.3, -0.25) is 19.7 Å². The maximum Gasteiger partial charge on any atom is 0.329 e. The molecule has 0 bridgehead atoms. The number of carbonyl (C=O) groups excluding carboxylic acids is 2. The fraction of sp³-hybridized carbons (Fsp3) is 0.0500. The van der Waals surface area contributed by atoms with E-state index in [0.717, 1.165) is 0 Å². The van der Waals surface area contributed by atoms with Crippen LogP contribution in [0.2, 0.25) is 5.02 Å². The monoisotopic (exact) mass is 426 g/mol. The SMILES string of the molecule is Cc1cc([N+](=O)[O-])ccc1-c1ccc(/C=N/NC(=O)C(=O)Nc2ccccc2Cl)o1. The van der Waals surface area contributed by atoms with Gasteiger partial charge >= 0.3 is 11.8 Å². The molecule has 1 aromatic heterocycles. The molecule has 0 aliphatic rings. The number of non-ortho nitro benzene ring substituents is 1. The Balaban J connectivity index is 1.62. The first-order valence-electron chi connectivity index (χ1n) is 8.59. The Morgan fingerprint density at radius 2 is 1.90 bits per heavy atom. The molecule has 9 nitrogen and oxygen atoms in total. The van der Waals surface area contributed by atoms with Crippen molar-refractivity contribution in [2.24, 2.45) is 5.10 Å². The molecule has 0 aliphatic carbocycles. The summed E-state index contributed by atoms with van der Waals surface area (Å²) in [6.07, 6.45) is 1.23. The molecule has 0 unspecified atom stereocenters. The van der Waals surface area contributed by atoms with Gasteiger partial charge in [0.05, 0.1) is 21.8 Å². The second-order valence-electron chi connectivity index (χ2n) is 6.09. The van der Waals surface area contributed by atoms with Crippen LogP contribution < -0.4 is 10.7 Å². The number of hydrogen-bond acceptors (Lipinski definition) is 6. The highest BCUT2D eigenvalue weighted by atomic mass is 35.5. The number of amides is 2. The summed E-state index contributed by atoms with van der Waals surface area (Å²) >= 11 is 5.92. The molecule has 3 aromatic rings. The van der Waals surface area contributed by atoms with E-state index in [9.17, 15) is 19.7 Å². The summed E-state index contributed by atoms with van der Waals surface area (Å²) in [7, 11) is 0. The Morgan fingerprint density at radius 3 is 2.60 bits per heavy atom. The van der Waals surface area contributed by atoms with Crippen molar-refractivity contribution in [3.63, 3.8) is 0 Å². The Bertz CT molecular complexity index is 1160. The Hall–Kier alpha value is -3.98. The van der Waals surface area contributed by atoms with Crippen LogP contribution in [0, 0.1) is 17.0 Å². The van der Waals surface area contributed by atoms with Gasteiger partial charge in [0, 0.05) is 17.7 Å². The minimum atomic E-state index is -0.982. The predicted octanol–water partition coefficient (Wildman–Crippen LogP) is 3.91. The van der Waals surface area contributed by atoms with E-state index < -0.39 is 16.7 Å². The lowest BCUT2D eigenvalue weighted by Crippen LogP contribution is -2.32. The quantitative estimate of drug-likeness (QED) is 0.277. The molecular formula is C20H15ClN4O5. The number of furan rings is 1. The number of benzene rings is 2. The molecule has 0 radical (unpaired) electrons. The van der Waals surface area contributed by atoms with Crippen LogP contribution in [0.4, 0.5) is 11.4 Å². The number of carbonyl (C=O) groups is 2. The van der Waals surface area contributed by atoms with Crippen molar-refractivity contribution in [3.05, 3.63) is 81.1 Å². The summed E-state index contributed by atoms with van der Waals surface area (Å²) < 4.78 is 5.62. The summed E-state index contributed by atoms with van der Waals surface area (Å²) in [5, 5.41) is 17.2. The molecule has 30 heavy (non-hydrogen) atoms. The fourth-order valence-electron chi connectivity index (χ4n) is 2.55. The van der Waals surface area contributed by atoms with E-state index >= 15 is 0 Å².